The molecule has 4 heteroatoms. The summed E-state index contributed by atoms with van der Waals surface area (Å²) in [6.45, 7) is 2.03. The molecule has 0 saturated heterocycles. The fraction of sp³-hybridized carbons (Fsp3) is 0.385. The Labute approximate surface area is 106 Å². The number of carbonyl (C=O) groups excluding carboxylic acids is 1. The van der Waals surface area contributed by atoms with E-state index in [0.717, 1.165) is 5.75 Å². The van der Waals surface area contributed by atoms with E-state index in [-0.39, 0.29) is 11.9 Å². The van der Waals surface area contributed by atoms with E-state index in [1.54, 1.807) is 48.0 Å². The number of nitrogens with zero attached hydrogens (tertiary/aromatic N) is 2. The van der Waals surface area contributed by atoms with Crippen LogP contribution in [0.25, 0.3) is 0 Å². The standard InChI is InChI=1S/C13H16N2OS/c1-10(9-17-3)15(2)13(16)12-6-4-11(8-14)5-7-12/h4-7,10H,9H2,1-3H3. The topological polar surface area (TPSA) is 44.1 Å². The van der Waals surface area contributed by atoms with Crippen molar-refractivity contribution in [1.29, 1.82) is 5.26 Å². The number of nitriles is 1. The van der Waals surface area contributed by atoms with E-state index in [4.69, 9.17) is 5.26 Å². The molecule has 3 nitrogen and oxygen atoms in total. The predicted octanol–water partition coefficient (Wildman–Crippen LogP) is 2.38. The molecule has 90 valence electrons. The highest BCUT2D eigenvalue weighted by Gasteiger charge is 2.16. The third-order valence-corrected chi connectivity index (χ3v) is 3.47. The van der Waals surface area contributed by atoms with E-state index in [1.807, 2.05) is 19.2 Å². The van der Waals surface area contributed by atoms with E-state index >= 15 is 0 Å². The van der Waals surface area contributed by atoms with Crippen molar-refractivity contribution in [2.45, 2.75) is 13.0 Å². The van der Waals surface area contributed by atoms with E-state index in [1.165, 1.54) is 0 Å². The average Bonchev–Trinajstić information content (AvgIpc) is 2.37. The minimum Gasteiger partial charge on any atom is -0.338 e. The number of rotatable bonds is 4. The molecule has 0 bridgehead atoms. The van der Waals surface area contributed by atoms with Gasteiger partial charge in [-0.25, -0.2) is 0 Å². The number of hydrogen-bond acceptors (Lipinski definition) is 3. The summed E-state index contributed by atoms with van der Waals surface area (Å²) < 4.78 is 0. The molecule has 0 aliphatic heterocycles. The molecule has 0 aromatic heterocycles. The van der Waals surface area contributed by atoms with Crippen LogP contribution in [0.1, 0.15) is 22.8 Å². The Balaban J connectivity index is 2.78. The van der Waals surface area contributed by atoms with Crippen LogP contribution in [0, 0.1) is 11.3 Å². The molecule has 0 saturated carbocycles. The van der Waals surface area contributed by atoms with Gasteiger partial charge in [0.2, 0.25) is 0 Å². The maximum Gasteiger partial charge on any atom is 0.253 e. The Bertz CT molecular complexity index is 422. The van der Waals surface area contributed by atoms with Crippen molar-refractivity contribution in [1.82, 2.24) is 4.90 Å². The van der Waals surface area contributed by atoms with Gasteiger partial charge in [-0.05, 0) is 37.4 Å². The smallest absolute Gasteiger partial charge is 0.253 e. The van der Waals surface area contributed by atoms with Crippen molar-refractivity contribution in [3.05, 3.63) is 35.4 Å². The van der Waals surface area contributed by atoms with Crippen molar-refractivity contribution in [3.8, 4) is 6.07 Å². The van der Waals surface area contributed by atoms with Crippen LogP contribution in [0.3, 0.4) is 0 Å². The maximum absolute atomic E-state index is 12.1. The molecular formula is C13H16N2OS. The molecule has 0 aliphatic carbocycles. The summed E-state index contributed by atoms with van der Waals surface area (Å²) in [5.41, 5.74) is 1.20. The van der Waals surface area contributed by atoms with Crippen LogP contribution < -0.4 is 0 Å². The zero-order chi connectivity index (χ0) is 12.8. The highest BCUT2D eigenvalue weighted by molar-refractivity contribution is 7.98. The number of thioether (sulfide) groups is 1. The molecule has 1 rings (SSSR count). The SMILES string of the molecule is CSCC(C)N(C)C(=O)c1ccc(C#N)cc1. The Morgan fingerprint density at radius 3 is 2.53 bits per heavy atom. The van der Waals surface area contributed by atoms with Crippen molar-refractivity contribution in [2.75, 3.05) is 19.1 Å². The van der Waals surface area contributed by atoms with Gasteiger partial charge < -0.3 is 4.90 Å². The minimum absolute atomic E-state index is 0.00367. The van der Waals surface area contributed by atoms with E-state index < -0.39 is 0 Å². The van der Waals surface area contributed by atoms with Crippen LogP contribution in [0.5, 0.6) is 0 Å². The molecule has 1 atom stereocenters. The van der Waals surface area contributed by atoms with Crippen LogP contribution >= 0.6 is 11.8 Å². The lowest BCUT2D eigenvalue weighted by atomic mass is 10.1. The second kappa shape index (κ2) is 6.31. The molecule has 0 aliphatic rings. The van der Waals surface area contributed by atoms with E-state index in [0.29, 0.717) is 11.1 Å². The van der Waals surface area contributed by atoms with Crippen molar-refractivity contribution in [2.24, 2.45) is 0 Å². The third kappa shape index (κ3) is 3.50. The largest absolute Gasteiger partial charge is 0.338 e. The lowest BCUT2D eigenvalue weighted by Gasteiger charge is -2.24. The highest BCUT2D eigenvalue weighted by Crippen LogP contribution is 2.10. The summed E-state index contributed by atoms with van der Waals surface area (Å²) in [6.07, 6.45) is 2.02. The van der Waals surface area contributed by atoms with Gasteiger partial charge in [0.25, 0.3) is 5.91 Å². The molecule has 1 aromatic carbocycles. The van der Waals surface area contributed by atoms with Gasteiger partial charge in [-0.1, -0.05) is 0 Å². The lowest BCUT2D eigenvalue weighted by molar-refractivity contribution is 0.0757. The lowest BCUT2D eigenvalue weighted by Crippen LogP contribution is -2.36. The van der Waals surface area contributed by atoms with Crippen LogP contribution in [0.2, 0.25) is 0 Å². The van der Waals surface area contributed by atoms with Crippen LogP contribution in [-0.4, -0.2) is 35.9 Å². The van der Waals surface area contributed by atoms with Gasteiger partial charge in [0.1, 0.15) is 0 Å². The molecule has 0 spiro atoms. The molecule has 1 unspecified atom stereocenters. The molecule has 17 heavy (non-hydrogen) atoms. The number of amides is 1. The van der Waals surface area contributed by atoms with Gasteiger partial charge in [-0.2, -0.15) is 17.0 Å². The molecule has 0 radical (unpaired) electrons. The Hall–Kier alpha value is -1.47. The summed E-state index contributed by atoms with van der Waals surface area (Å²) in [6, 6.07) is 8.97. The first-order chi connectivity index (χ1) is 8.10. The van der Waals surface area contributed by atoms with Crippen LogP contribution in [-0.2, 0) is 0 Å². The van der Waals surface area contributed by atoms with Gasteiger partial charge in [-0.3, -0.25) is 4.79 Å². The maximum atomic E-state index is 12.1. The Morgan fingerprint density at radius 2 is 2.06 bits per heavy atom. The van der Waals surface area contributed by atoms with E-state index in [2.05, 4.69) is 0 Å². The molecule has 0 heterocycles. The first kappa shape index (κ1) is 13.6. The second-order valence-electron chi connectivity index (χ2n) is 3.91. The summed E-state index contributed by atoms with van der Waals surface area (Å²) >= 11 is 1.72. The number of hydrogen-bond donors (Lipinski definition) is 0. The zero-order valence-electron chi connectivity index (χ0n) is 10.3. The highest BCUT2D eigenvalue weighted by atomic mass is 32.2. The fourth-order valence-electron chi connectivity index (χ4n) is 1.44. The Morgan fingerprint density at radius 1 is 1.47 bits per heavy atom. The van der Waals surface area contributed by atoms with Gasteiger partial charge in [0, 0.05) is 24.4 Å². The monoisotopic (exact) mass is 248 g/mol. The number of carbonyl (C=O) groups is 1. The predicted molar refractivity (Wildman–Crippen MR) is 71.1 cm³/mol. The quantitative estimate of drug-likeness (QED) is 0.821. The normalized spacial score (nSPS) is 11.6. The zero-order valence-corrected chi connectivity index (χ0v) is 11.1. The molecule has 1 aromatic rings. The average molecular weight is 248 g/mol. The summed E-state index contributed by atoms with van der Waals surface area (Å²) in [4.78, 5) is 13.8. The van der Waals surface area contributed by atoms with Crippen molar-refractivity contribution < 1.29 is 4.79 Å². The van der Waals surface area contributed by atoms with Gasteiger partial charge in [-0.15, -0.1) is 0 Å². The van der Waals surface area contributed by atoms with Crippen LogP contribution in [0.15, 0.2) is 24.3 Å². The van der Waals surface area contributed by atoms with Crippen molar-refractivity contribution in [3.63, 3.8) is 0 Å². The molecular weight excluding hydrogens is 232 g/mol. The number of benzene rings is 1. The van der Waals surface area contributed by atoms with Gasteiger partial charge in [0.05, 0.1) is 11.6 Å². The molecule has 1 amide bonds. The summed E-state index contributed by atoms with van der Waals surface area (Å²) in [5, 5.41) is 8.69. The first-order valence-electron chi connectivity index (χ1n) is 5.36. The Kier molecular flexibility index (Phi) is 5.05. The van der Waals surface area contributed by atoms with Gasteiger partial charge >= 0.3 is 0 Å². The first-order valence-corrected chi connectivity index (χ1v) is 6.75. The molecule has 0 N–H and O–H groups in total. The summed E-state index contributed by atoms with van der Waals surface area (Å²) in [7, 11) is 1.81. The second-order valence-corrected chi connectivity index (χ2v) is 4.82. The van der Waals surface area contributed by atoms with Crippen molar-refractivity contribution >= 4 is 17.7 Å². The van der Waals surface area contributed by atoms with E-state index in [9.17, 15) is 4.79 Å². The fourth-order valence-corrected chi connectivity index (χ4v) is 2.15. The van der Waals surface area contributed by atoms with Crippen LogP contribution in [0.4, 0.5) is 0 Å². The summed E-state index contributed by atoms with van der Waals surface area (Å²) in [5.74, 6) is 0.912. The molecule has 0 fully saturated rings. The minimum atomic E-state index is -0.00367. The third-order valence-electron chi connectivity index (χ3n) is 2.65. The van der Waals surface area contributed by atoms with Gasteiger partial charge in [0.15, 0.2) is 0 Å².